The summed E-state index contributed by atoms with van der Waals surface area (Å²) >= 11 is 0. The second-order valence-electron chi connectivity index (χ2n) is 9.64. The highest BCUT2D eigenvalue weighted by Crippen LogP contribution is 2.50. The maximum atomic E-state index is 10.8. The molecule has 0 heterocycles. The molecule has 1 atom stereocenters. The van der Waals surface area contributed by atoms with Crippen molar-refractivity contribution in [2.24, 2.45) is 0 Å². The van der Waals surface area contributed by atoms with E-state index >= 15 is 0 Å². The quantitative estimate of drug-likeness (QED) is 0.490. The summed E-state index contributed by atoms with van der Waals surface area (Å²) < 4.78 is 0. The first-order valence-electron chi connectivity index (χ1n) is 9.99. The van der Waals surface area contributed by atoms with Crippen molar-refractivity contribution in [1.29, 1.82) is 0 Å². The van der Waals surface area contributed by atoms with Gasteiger partial charge in [0.1, 0.15) is 0 Å². The van der Waals surface area contributed by atoms with Crippen molar-refractivity contribution >= 4 is 11.5 Å². The van der Waals surface area contributed by atoms with Gasteiger partial charge in [-0.2, -0.15) is 0 Å². The molecule has 0 radical (unpaired) electrons. The van der Waals surface area contributed by atoms with E-state index in [1.807, 2.05) is 19.1 Å². The third-order valence-corrected chi connectivity index (χ3v) is 6.43. The van der Waals surface area contributed by atoms with E-state index in [2.05, 4.69) is 52.8 Å². The summed E-state index contributed by atoms with van der Waals surface area (Å²) in [6.07, 6.45) is 10.8. The van der Waals surface area contributed by atoms with Gasteiger partial charge in [-0.05, 0) is 76.3 Å². The fraction of sp³-hybridized carbons (Fsp3) is 0.480. The Morgan fingerprint density at radius 1 is 1.11 bits per heavy atom. The highest BCUT2D eigenvalue weighted by atomic mass is 16.4. The zero-order valence-electron chi connectivity index (χ0n) is 17.5. The number of fused-ring (bicyclic) bond motifs is 2. The summed E-state index contributed by atoms with van der Waals surface area (Å²) in [6.45, 7) is 13.6. The Labute approximate surface area is 163 Å². The standard InChI is InChI=1S/C25H32O2/c1-16(12-23(26)27)8-7-9-18-13-17(2)19-14-21-22(15-20(18)19)25(5,6)11-10-24(21,3)4/h7-9,12,14-15,17H,10-11,13H2,1-6H3,(H,26,27)/b8-7+,16-12+,18-9-. The van der Waals surface area contributed by atoms with Gasteiger partial charge in [0, 0.05) is 6.08 Å². The molecule has 3 rings (SSSR count). The molecule has 27 heavy (non-hydrogen) atoms. The van der Waals surface area contributed by atoms with Gasteiger partial charge in [0.25, 0.3) is 0 Å². The topological polar surface area (TPSA) is 37.3 Å². The summed E-state index contributed by atoms with van der Waals surface area (Å²) in [6, 6.07) is 4.94. The Morgan fingerprint density at radius 3 is 2.30 bits per heavy atom. The minimum Gasteiger partial charge on any atom is -0.478 e. The Kier molecular flexibility index (Phi) is 4.96. The monoisotopic (exact) mass is 364 g/mol. The highest BCUT2D eigenvalue weighted by Gasteiger charge is 2.39. The van der Waals surface area contributed by atoms with Crippen LogP contribution < -0.4 is 0 Å². The molecule has 0 saturated heterocycles. The van der Waals surface area contributed by atoms with E-state index < -0.39 is 5.97 Å². The Bertz CT molecular complexity index is 863. The molecule has 0 amide bonds. The molecule has 1 aromatic carbocycles. The molecule has 1 unspecified atom stereocenters. The summed E-state index contributed by atoms with van der Waals surface area (Å²) in [4.78, 5) is 10.8. The minimum absolute atomic E-state index is 0.216. The number of carboxylic acids is 1. The van der Waals surface area contributed by atoms with E-state index in [4.69, 9.17) is 5.11 Å². The second-order valence-corrected chi connectivity index (χ2v) is 9.64. The van der Waals surface area contributed by atoms with Gasteiger partial charge < -0.3 is 5.11 Å². The number of hydrogen-bond acceptors (Lipinski definition) is 1. The number of benzene rings is 1. The summed E-state index contributed by atoms with van der Waals surface area (Å²) in [5, 5.41) is 8.84. The van der Waals surface area contributed by atoms with Gasteiger partial charge in [-0.15, -0.1) is 0 Å². The van der Waals surface area contributed by atoms with Gasteiger partial charge in [0.15, 0.2) is 0 Å². The summed E-state index contributed by atoms with van der Waals surface area (Å²) in [5.41, 5.74) is 8.45. The first-order chi connectivity index (χ1) is 12.5. The molecule has 144 valence electrons. The number of carbonyl (C=O) groups is 1. The lowest BCUT2D eigenvalue weighted by Crippen LogP contribution is -2.34. The zero-order chi connectivity index (χ0) is 20.0. The first-order valence-corrected chi connectivity index (χ1v) is 9.99. The van der Waals surface area contributed by atoms with Crippen LogP contribution in [0.25, 0.3) is 5.57 Å². The number of hydrogen-bond donors (Lipinski definition) is 1. The molecule has 1 aromatic rings. The molecule has 2 heteroatoms. The third kappa shape index (κ3) is 3.81. The fourth-order valence-corrected chi connectivity index (χ4v) is 4.58. The van der Waals surface area contributed by atoms with Gasteiger partial charge in [-0.3, -0.25) is 0 Å². The summed E-state index contributed by atoms with van der Waals surface area (Å²) in [5.74, 6) is -0.373. The van der Waals surface area contributed by atoms with Crippen LogP contribution in [0.15, 0.2) is 42.0 Å². The Hall–Kier alpha value is -2.09. The van der Waals surface area contributed by atoms with Crippen LogP contribution in [0.5, 0.6) is 0 Å². The molecular weight excluding hydrogens is 332 g/mol. The molecule has 0 aromatic heterocycles. The smallest absolute Gasteiger partial charge is 0.328 e. The van der Waals surface area contributed by atoms with E-state index in [-0.39, 0.29) is 10.8 Å². The lowest BCUT2D eigenvalue weighted by molar-refractivity contribution is -0.131. The van der Waals surface area contributed by atoms with Crippen LogP contribution in [-0.4, -0.2) is 11.1 Å². The van der Waals surface area contributed by atoms with Crippen LogP contribution in [-0.2, 0) is 15.6 Å². The molecule has 1 N–H and O–H groups in total. The maximum Gasteiger partial charge on any atom is 0.328 e. The Morgan fingerprint density at radius 2 is 1.70 bits per heavy atom. The van der Waals surface area contributed by atoms with Crippen molar-refractivity contribution in [3.8, 4) is 0 Å². The predicted octanol–water partition coefficient (Wildman–Crippen LogP) is 6.51. The molecular formula is C25H32O2. The number of allylic oxidation sites excluding steroid dienone is 5. The SMILES string of the molecule is CC(/C=C/C=C1/CC(C)c2cc3c(cc21)C(C)(C)CCC3(C)C)=C\C(=O)O. The predicted molar refractivity (Wildman–Crippen MR) is 113 cm³/mol. The summed E-state index contributed by atoms with van der Waals surface area (Å²) in [7, 11) is 0. The number of rotatable bonds is 3. The van der Waals surface area contributed by atoms with Gasteiger partial charge in [0.05, 0.1) is 0 Å². The van der Waals surface area contributed by atoms with Crippen molar-refractivity contribution in [3.63, 3.8) is 0 Å². The van der Waals surface area contributed by atoms with Gasteiger partial charge in [-0.25, -0.2) is 4.79 Å². The minimum atomic E-state index is -0.902. The van der Waals surface area contributed by atoms with Crippen molar-refractivity contribution in [3.05, 3.63) is 64.3 Å². The maximum absolute atomic E-state index is 10.8. The lowest BCUT2D eigenvalue weighted by Gasteiger charge is -2.42. The molecule has 0 aliphatic heterocycles. The average molecular weight is 365 g/mol. The third-order valence-electron chi connectivity index (χ3n) is 6.43. The Balaban J connectivity index is 2.04. The number of aliphatic carboxylic acids is 1. The van der Waals surface area contributed by atoms with E-state index in [9.17, 15) is 4.79 Å². The highest BCUT2D eigenvalue weighted by molar-refractivity contribution is 5.81. The molecule has 2 aliphatic rings. The molecule has 0 saturated carbocycles. The van der Waals surface area contributed by atoms with Gasteiger partial charge >= 0.3 is 5.97 Å². The largest absolute Gasteiger partial charge is 0.478 e. The van der Waals surface area contributed by atoms with Crippen molar-refractivity contribution in [2.75, 3.05) is 0 Å². The molecule has 0 bridgehead atoms. The molecule has 0 fully saturated rings. The van der Waals surface area contributed by atoms with Crippen LogP contribution in [0.1, 0.15) is 89.0 Å². The van der Waals surface area contributed by atoms with Gasteiger partial charge in [-0.1, -0.05) is 65.0 Å². The van der Waals surface area contributed by atoms with Crippen LogP contribution in [0, 0.1) is 0 Å². The molecule has 0 spiro atoms. The van der Waals surface area contributed by atoms with Crippen LogP contribution in [0.4, 0.5) is 0 Å². The van der Waals surface area contributed by atoms with Crippen LogP contribution in [0.3, 0.4) is 0 Å². The number of carboxylic acid groups (broad SMARTS) is 1. The van der Waals surface area contributed by atoms with E-state index in [0.717, 1.165) is 12.0 Å². The van der Waals surface area contributed by atoms with Crippen molar-refractivity contribution < 1.29 is 9.90 Å². The van der Waals surface area contributed by atoms with Crippen LogP contribution in [0.2, 0.25) is 0 Å². The lowest BCUT2D eigenvalue weighted by atomic mass is 9.62. The van der Waals surface area contributed by atoms with Gasteiger partial charge in [0.2, 0.25) is 0 Å². The fourth-order valence-electron chi connectivity index (χ4n) is 4.58. The van der Waals surface area contributed by atoms with E-state index in [0.29, 0.717) is 5.92 Å². The van der Waals surface area contributed by atoms with Crippen molar-refractivity contribution in [2.45, 2.75) is 77.6 Å². The molecule has 2 aliphatic carbocycles. The first kappa shape index (κ1) is 19.7. The van der Waals surface area contributed by atoms with E-state index in [1.54, 1.807) is 0 Å². The zero-order valence-corrected chi connectivity index (χ0v) is 17.5. The second kappa shape index (κ2) is 6.82. The molecule has 2 nitrogen and oxygen atoms in total. The van der Waals surface area contributed by atoms with Crippen LogP contribution >= 0.6 is 0 Å². The van der Waals surface area contributed by atoms with E-state index in [1.165, 1.54) is 46.7 Å². The van der Waals surface area contributed by atoms with Crippen molar-refractivity contribution in [1.82, 2.24) is 0 Å². The normalized spacial score (nSPS) is 24.9. The average Bonchev–Trinajstić information content (AvgIpc) is 2.86.